The molecule has 4 nitrogen and oxygen atoms in total. The second kappa shape index (κ2) is 9.22. The molecule has 0 bridgehead atoms. The molecule has 0 saturated heterocycles. The highest BCUT2D eigenvalue weighted by molar-refractivity contribution is 14.0. The predicted molar refractivity (Wildman–Crippen MR) is 107 cm³/mol. The summed E-state index contributed by atoms with van der Waals surface area (Å²) >= 11 is 0. The molecule has 1 aromatic carbocycles. The molecule has 124 valence electrons. The summed E-state index contributed by atoms with van der Waals surface area (Å²) in [5, 5.41) is 6.80. The molecule has 2 atom stereocenters. The third-order valence-corrected chi connectivity index (χ3v) is 3.90. The molecule has 1 aromatic rings. The van der Waals surface area contributed by atoms with Gasteiger partial charge in [0.1, 0.15) is 0 Å². The zero-order chi connectivity index (χ0) is 15.2. The average molecular weight is 416 g/mol. The lowest BCUT2D eigenvalue weighted by Crippen LogP contribution is -2.39. The van der Waals surface area contributed by atoms with Crippen molar-refractivity contribution >= 4 is 35.6 Å². The largest absolute Gasteiger partial charge is 0.378 e. The quantitative estimate of drug-likeness (QED) is 0.426. The Hall–Kier alpha value is -0.980. The van der Waals surface area contributed by atoms with Crippen molar-refractivity contribution in [2.75, 3.05) is 32.1 Å². The summed E-state index contributed by atoms with van der Waals surface area (Å²) in [4.78, 5) is 6.78. The highest BCUT2D eigenvalue weighted by atomic mass is 127. The zero-order valence-corrected chi connectivity index (χ0v) is 16.4. The monoisotopic (exact) mass is 416 g/mol. The van der Waals surface area contributed by atoms with E-state index in [1.165, 1.54) is 17.7 Å². The van der Waals surface area contributed by atoms with Gasteiger partial charge in [-0.3, -0.25) is 4.99 Å². The number of hydrogen-bond acceptors (Lipinski definition) is 2. The van der Waals surface area contributed by atoms with Crippen molar-refractivity contribution in [2.45, 2.75) is 32.7 Å². The number of hydrogen-bond donors (Lipinski definition) is 2. The Balaban J connectivity index is 0.00000242. The number of guanidine groups is 1. The maximum atomic E-state index is 4.66. The minimum absolute atomic E-state index is 0. The molecule has 0 radical (unpaired) electrons. The molecule has 2 rings (SSSR count). The number of rotatable bonds is 6. The molecule has 1 fully saturated rings. The van der Waals surface area contributed by atoms with Crippen LogP contribution in [0.25, 0.3) is 0 Å². The van der Waals surface area contributed by atoms with Gasteiger partial charge in [0.15, 0.2) is 5.96 Å². The Morgan fingerprint density at radius 1 is 1.27 bits per heavy atom. The molecular formula is C17H29IN4. The maximum Gasteiger partial charge on any atom is 0.191 e. The fourth-order valence-corrected chi connectivity index (χ4v) is 2.28. The molecule has 1 aliphatic carbocycles. The first-order valence-electron chi connectivity index (χ1n) is 7.91. The van der Waals surface area contributed by atoms with Crippen LogP contribution in [0.2, 0.25) is 0 Å². The Morgan fingerprint density at radius 3 is 2.41 bits per heavy atom. The van der Waals surface area contributed by atoms with Crippen LogP contribution in [0.5, 0.6) is 0 Å². The number of nitrogens with zero attached hydrogens (tertiary/aromatic N) is 2. The lowest BCUT2D eigenvalue weighted by molar-refractivity contribution is 0.765. The Morgan fingerprint density at radius 2 is 1.91 bits per heavy atom. The Labute approximate surface area is 151 Å². The molecule has 2 unspecified atom stereocenters. The van der Waals surface area contributed by atoms with Gasteiger partial charge in [0.25, 0.3) is 0 Å². The van der Waals surface area contributed by atoms with Gasteiger partial charge >= 0.3 is 0 Å². The Kier molecular flexibility index (Phi) is 8.00. The van der Waals surface area contributed by atoms with E-state index in [1.807, 2.05) is 0 Å². The maximum absolute atomic E-state index is 4.66. The van der Waals surface area contributed by atoms with Gasteiger partial charge in [-0.1, -0.05) is 19.1 Å². The third kappa shape index (κ3) is 6.02. The number of anilines is 1. The van der Waals surface area contributed by atoms with Crippen molar-refractivity contribution in [1.29, 1.82) is 0 Å². The SMILES string of the molecule is CCNC(=NCCc1ccc(N(C)C)cc1)NC1CC1C.I. The minimum atomic E-state index is 0. The van der Waals surface area contributed by atoms with Crippen LogP contribution in [0.1, 0.15) is 25.8 Å². The van der Waals surface area contributed by atoms with E-state index in [9.17, 15) is 0 Å². The van der Waals surface area contributed by atoms with Gasteiger partial charge in [-0.25, -0.2) is 0 Å². The molecule has 0 aliphatic heterocycles. The van der Waals surface area contributed by atoms with Crippen molar-refractivity contribution in [3.8, 4) is 0 Å². The molecule has 0 heterocycles. The predicted octanol–water partition coefficient (Wildman–Crippen LogP) is 2.88. The molecule has 2 N–H and O–H groups in total. The van der Waals surface area contributed by atoms with Crippen LogP contribution in [0.4, 0.5) is 5.69 Å². The van der Waals surface area contributed by atoms with Gasteiger partial charge in [0, 0.05) is 38.9 Å². The van der Waals surface area contributed by atoms with E-state index in [2.05, 4.69) is 72.7 Å². The Bertz CT molecular complexity index is 470. The van der Waals surface area contributed by atoms with E-state index in [1.54, 1.807) is 0 Å². The normalized spacial score (nSPS) is 20.1. The molecule has 5 heteroatoms. The molecule has 1 aliphatic rings. The molecule has 22 heavy (non-hydrogen) atoms. The van der Waals surface area contributed by atoms with Crippen molar-refractivity contribution in [1.82, 2.24) is 10.6 Å². The summed E-state index contributed by atoms with van der Waals surface area (Å²) in [7, 11) is 4.12. The van der Waals surface area contributed by atoms with Gasteiger partial charge in [0.2, 0.25) is 0 Å². The third-order valence-electron chi connectivity index (χ3n) is 3.90. The molecular weight excluding hydrogens is 387 g/mol. The first-order valence-corrected chi connectivity index (χ1v) is 7.91. The summed E-state index contributed by atoms with van der Waals surface area (Å²) in [5.74, 6) is 1.74. The zero-order valence-electron chi connectivity index (χ0n) is 14.1. The number of halogens is 1. The van der Waals surface area contributed by atoms with Crippen molar-refractivity contribution in [2.24, 2.45) is 10.9 Å². The molecule has 0 spiro atoms. The van der Waals surface area contributed by atoms with Crippen LogP contribution in [0.15, 0.2) is 29.3 Å². The van der Waals surface area contributed by atoms with Crippen LogP contribution in [0.3, 0.4) is 0 Å². The van der Waals surface area contributed by atoms with E-state index in [0.717, 1.165) is 31.4 Å². The fraction of sp³-hybridized carbons (Fsp3) is 0.588. The van der Waals surface area contributed by atoms with Gasteiger partial charge < -0.3 is 15.5 Å². The second-order valence-corrected chi connectivity index (χ2v) is 6.04. The number of nitrogens with one attached hydrogen (secondary N) is 2. The lowest BCUT2D eigenvalue weighted by Gasteiger charge is -2.13. The molecule has 1 saturated carbocycles. The summed E-state index contributed by atoms with van der Waals surface area (Å²) in [6.07, 6.45) is 2.24. The van der Waals surface area contributed by atoms with Crippen molar-refractivity contribution < 1.29 is 0 Å². The average Bonchev–Trinajstić information content (AvgIpc) is 3.15. The molecule has 0 amide bonds. The van der Waals surface area contributed by atoms with Crippen molar-refractivity contribution in [3.05, 3.63) is 29.8 Å². The van der Waals surface area contributed by atoms with Crippen molar-refractivity contribution in [3.63, 3.8) is 0 Å². The van der Waals surface area contributed by atoms with Crippen LogP contribution in [0, 0.1) is 5.92 Å². The minimum Gasteiger partial charge on any atom is -0.378 e. The van der Waals surface area contributed by atoms with E-state index >= 15 is 0 Å². The molecule has 0 aromatic heterocycles. The summed E-state index contributed by atoms with van der Waals surface area (Å²) in [6.45, 7) is 6.10. The van der Waals surface area contributed by atoms with Crippen LogP contribution < -0.4 is 15.5 Å². The van der Waals surface area contributed by atoms with Crippen LogP contribution >= 0.6 is 24.0 Å². The van der Waals surface area contributed by atoms with E-state index < -0.39 is 0 Å². The first-order chi connectivity index (χ1) is 10.1. The van der Waals surface area contributed by atoms with Gasteiger partial charge in [-0.05, 0) is 43.4 Å². The highest BCUT2D eigenvalue weighted by Gasteiger charge is 2.33. The summed E-state index contributed by atoms with van der Waals surface area (Å²) < 4.78 is 0. The first kappa shape index (κ1) is 19.1. The van der Waals surface area contributed by atoms with Gasteiger partial charge in [-0.15, -0.1) is 24.0 Å². The standard InChI is InChI=1S/C17H28N4.HI/c1-5-18-17(20-16-12-13(16)2)19-11-10-14-6-8-15(9-7-14)21(3)4;/h6-9,13,16H,5,10-12H2,1-4H3,(H2,18,19,20);1H. The summed E-state index contributed by atoms with van der Waals surface area (Å²) in [5.41, 5.74) is 2.57. The smallest absolute Gasteiger partial charge is 0.191 e. The number of aliphatic imine (C=N–C) groups is 1. The highest BCUT2D eigenvalue weighted by Crippen LogP contribution is 2.28. The fourth-order valence-electron chi connectivity index (χ4n) is 2.28. The van der Waals surface area contributed by atoms with E-state index in [0.29, 0.717) is 6.04 Å². The van der Waals surface area contributed by atoms with Crippen LogP contribution in [-0.4, -0.2) is 39.2 Å². The van der Waals surface area contributed by atoms with Crippen LogP contribution in [-0.2, 0) is 6.42 Å². The van der Waals surface area contributed by atoms with E-state index in [-0.39, 0.29) is 24.0 Å². The topological polar surface area (TPSA) is 39.7 Å². The van der Waals surface area contributed by atoms with Gasteiger partial charge in [-0.2, -0.15) is 0 Å². The van der Waals surface area contributed by atoms with Gasteiger partial charge in [0.05, 0.1) is 0 Å². The second-order valence-electron chi connectivity index (χ2n) is 6.04. The van der Waals surface area contributed by atoms with E-state index in [4.69, 9.17) is 0 Å². The number of benzene rings is 1. The summed E-state index contributed by atoms with van der Waals surface area (Å²) in [6, 6.07) is 9.31. The lowest BCUT2D eigenvalue weighted by atomic mass is 10.1.